The van der Waals surface area contributed by atoms with Gasteiger partial charge in [-0.3, -0.25) is 0 Å². The molecule has 246 valence electrons. The number of alkyl halides is 2. The molecule has 45 heavy (non-hydrogen) atoms. The predicted octanol–water partition coefficient (Wildman–Crippen LogP) is 5.47. The van der Waals surface area contributed by atoms with Crippen LogP contribution in [0.2, 0.25) is 10.0 Å². The van der Waals surface area contributed by atoms with Gasteiger partial charge in [-0.2, -0.15) is 0 Å². The van der Waals surface area contributed by atoms with E-state index in [0.29, 0.717) is 29.3 Å². The Hall–Kier alpha value is -2.70. The number of nitrogens with one attached hydrogen (secondary N) is 1. The zero-order valence-electron chi connectivity index (χ0n) is 25.2. The molecule has 0 saturated carbocycles. The van der Waals surface area contributed by atoms with E-state index >= 15 is 0 Å². The van der Waals surface area contributed by atoms with Crippen LogP contribution in [0.5, 0.6) is 17.2 Å². The van der Waals surface area contributed by atoms with Crippen LogP contribution in [0.25, 0.3) is 11.1 Å². The van der Waals surface area contributed by atoms with Crippen molar-refractivity contribution >= 4 is 23.2 Å². The number of aliphatic hydroxyl groups excluding tert-OH is 3. The highest BCUT2D eigenvalue weighted by atomic mass is 35.5. The molecule has 3 aromatic rings. The summed E-state index contributed by atoms with van der Waals surface area (Å²) in [6.45, 7) is 3.78. The van der Waals surface area contributed by atoms with Crippen LogP contribution in [0.15, 0.2) is 48.5 Å². The van der Waals surface area contributed by atoms with Crippen LogP contribution >= 0.6 is 23.2 Å². The largest absolute Gasteiger partial charge is 0.493 e. The van der Waals surface area contributed by atoms with Crippen LogP contribution in [0, 0.1) is 6.92 Å². The van der Waals surface area contributed by atoms with E-state index in [1.807, 2.05) is 43.3 Å². The summed E-state index contributed by atoms with van der Waals surface area (Å²) in [5.74, 6) is 1.14. The normalized spacial score (nSPS) is 15.3. The molecule has 1 fully saturated rings. The minimum Gasteiger partial charge on any atom is -0.493 e. The fourth-order valence-electron chi connectivity index (χ4n) is 5.16. The van der Waals surface area contributed by atoms with E-state index < -0.39 is 19.1 Å². The zero-order valence-corrected chi connectivity index (χ0v) is 26.7. The first-order valence-electron chi connectivity index (χ1n) is 14.9. The molecule has 0 spiro atoms. The SMILES string of the molecule is Cc1c(OCCCN2CCC(O)C2)cccc1-c1cccc(COc2cc(OCC(F)F)c(CNC(CO)CO)cc2Cl)c1Cl. The van der Waals surface area contributed by atoms with Gasteiger partial charge in [-0.15, -0.1) is 0 Å². The molecule has 1 aliphatic rings. The molecule has 1 unspecified atom stereocenters. The molecule has 4 rings (SSSR count). The highest BCUT2D eigenvalue weighted by Crippen LogP contribution is 2.38. The van der Waals surface area contributed by atoms with Gasteiger partial charge in [-0.25, -0.2) is 8.78 Å². The van der Waals surface area contributed by atoms with E-state index in [1.165, 1.54) is 12.1 Å². The van der Waals surface area contributed by atoms with Gasteiger partial charge in [-0.05, 0) is 43.0 Å². The standard InChI is InChI=1S/C33H40Cl2F2N2O6/c1-21-26(6-3-8-29(21)43-12-4-10-39-11-9-25(42)16-39)27-7-2-5-22(33(27)35)19-44-31-14-30(45-20-32(36)37)23(13-28(31)34)15-38-24(17-40)18-41/h2-3,5-8,13-14,24-25,32,38,40-42H,4,9-12,15-20H2,1H3. The van der Waals surface area contributed by atoms with Crippen molar-refractivity contribution in [3.63, 3.8) is 0 Å². The third-order valence-electron chi connectivity index (χ3n) is 7.66. The lowest BCUT2D eigenvalue weighted by Gasteiger charge is -2.19. The Morgan fingerprint density at radius 3 is 2.42 bits per heavy atom. The minimum atomic E-state index is -2.69. The Morgan fingerprint density at radius 1 is 0.956 bits per heavy atom. The molecule has 3 aromatic carbocycles. The molecular weight excluding hydrogens is 629 g/mol. The van der Waals surface area contributed by atoms with Gasteiger partial charge in [0.05, 0.1) is 42.0 Å². The molecular formula is C33H40Cl2F2N2O6. The lowest BCUT2D eigenvalue weighted by Crippen LogP contribution is -2.35. The van der Waals surface area contributed by atoms with Gasteiger partial charge < -0.3 is 39.7 Å². The van der Waals surface area contributed by atoms with Crippen LogP contribution < -0.4 is 19.5 Å². The van der Waals surface area contributed by atoms with E-state index in [9.17, 15) is 24.1 Å². The topological polar surface area (TPSA) is 104 Å². The van der Waals surface area contributed by atoms with Crippen molar-refractivity contribution in [2.45, 2.75) is 51.5 Å². The van der Waals surface area contributed by atoms with Gasteiger partial charge in [0.15, 0.2) is 0 Å². The molecule has 8 nitrogen and oxygen atoms in total. The second-order valence-corrected chi connectivity index (χ2v) is 11.8. The zero-order chi connectivity index (χ0) is 32.3. The number of aliphatic hydroxyl groups is 3. The number of hydrogen-bond donors (Lipinski definition) is 4. The third kappa shape index (κ3) is 9.89. The number of nitrogens with zero attached hydrogens (tertiary/aromatic N) is 1. The molecule has 1 atom stereocenters. The Bertz CT molecular complexity index is 1400. The summed E-state index contributed by atoms with van der Waals surface area (Å²) >= 11 is 13.4. The first kappa shape index (κ1) is 35.2. The number of likely N-dealkylation sites (tertiary alicyclic amines) is 1. The van der Waals surface area contributed by atoms with Crippen LogP contribution in [-0.4, -0.2) is 84.9 Å². The van der Waals surface area contributed by atoms with Gasteiger partial charge >= 0.3 is 0 Å². The number of ether oxygens (including phenoxy) is 3. The second kappa shape index (κ2) is 17.3. The number of β-amino-alcohol motifs (C(OH)–C–C–N with tert-alkyl or cyclic N) is 1. The lowest BCUT2D eigenvalue weighted by molar-refractivity contribution is 0.0811. The van der Waals surface area contributed by atoms with Crippen LogP contribution in [0.4, 0.5) is 8.78 Å². The van der Waals surface area contributed by atoms with Gasteiger partial charge in [0.2, 0.25) is 0 Å². The van der Waals surface area contributed by atoms with Crippen molar-refractivity contribution in [1.82, 2.24) is 10.2 Å². The highest BCUT2D eigenvalue weighted by Gasteiger charge is 2.20. The maximum absolute atomic E-state index is 13.0. The van der Waals surface area contributed by atoms with Crippen molar-refractivity contribution in [2.24, 2.45) is 0 Å². The summed E-state index contributed by atoms with van der Waals surface area (Å²) in [4.78, 5) is 2.24. The molecule has 0 radical (unpaired) electrons. The first-order valence-corrected chi connectivity index (χ1v) is 15.7. The number of rotatable bonds is 17. The molecule has 1 saturated heterocycles. The van der Waals surface area contributed by atoms with E-state index in [-0.39, 0.29) is 49.0 Å². The summed E-state index contributed by atoms with van der Waals surface area (Å²) in [7, 11) is 0. The van der Waals surface area contributed by atoms with Gasteiger partial charge in [0.25, 0.3) is 6.43 Å². The average Bonchev–Trinajstić information content (AvgIpc) is 3.44. The smallest absolute Gasteiger partial charge is 0.272 e. The Morgan fingerprint density at radius 2 is 1.71 bits per heavy atom. The van der Waals surface area contributed by atoms with E-state index in [1.54, 1.807) is 0 Å². The summed E-state index contributed by atoms with van der Waals surface area (Å²) < 4.78 is 43.4. The molecule has 1 heterocycles. The van der Waals surface area contributed by atoms with Crippen molar-refractivity contribution in [3.8, 4) is 28.4 Å². The first-order chi connectivity index (χ1) is 21.7. The number of hydrogen-bond acceptors (Lipinski definition) is 8. The van der Waals surface area contributed by atoms with Crippen molar-refractivity contribution < 1.29 is 38.3 Å². The minimum absolute atomic E-state index is 0.0514. The van der Waals surface area contributed by atoms with Crippen LogP contribution in [0.1, 0.15) is 29.5 Å². The molecule has 0 bridgehead atoms. The van der Waals surface area contributed by atoms with Gasteiger partial charge in [0, 0.05) is 48.9 Å². The molecule has 0 aromatic heterocycles. The number of benzene rings is 3. The van der Waals surface area contributed by atoms with E-state index in [0.717, 1.165) is 48.4 Å². The molecule has 0 amide bonds. The fourth-order valence-corrected chi connectivity index (χ4v) is 5.68. The summed E-state index contributed by atoms with van der Waals surface area (Å²) in [5.41, 5.74) is 3.84. The average molecular weight is 670 g/mol. The van der Waals surface area contributed by atoms with Gasteiger partial charge in [-0.1, -0.05) is 53.5 Å². The summed E-state index contributed by atoms with van der Waals surface area (Å²) in [5, 5.41) is 32.0. The highest BCUT2D eigenvalue weighted by molar-refractivity contribution is 6.34. The molecule has 1 aliphatic heterocycles. The number of halogens is 4. The Labute approximate surface area is 272 Å². The molecule has 0 aliphatic carbocycles. The molecule has 4 N–H and O–H groups in total. The van der Waals surface area contributed by atoms with E-state index in [4.69, 9.17) is 37.4 Å². The Kier molecular flexibility index (Phi) is 13.5. The van der Waals surface area contributed by atoms with Crippen molar-refractivity contribution in [2.75, 3.05) is 46.1 Å². The predicted molar refractivity (Wildman–Crippen MR) is 171 cm³/mol. The van der Waals surface area contributed by atoms with Crippen molar-refractivity contribution in [3.05, 3.63) is 75.3 Å². The summed E-state index contributed by atoms with van der Waals surface area (Å²) in [6, 6.07) is 13.9. The quantitative estimate of drug-likeness (QED) is 0.141. The maximum atomic E-state index is 13.0. The van der Waals surface area contributed by atoms with Crippen LogP contribution in [-0.2, 0) is 13.2 Å². The lowest BCUT2D eigenvalue weighted by atomic mass is 9.98. The second-order valence-electron chi connectivity index (χ2n) is 11.0. The molecule has 12 heteroatoms. The van der Waals surface area contributed by atoms with Gasteiger partial charge in [0.1, 0.15) is 30.5 Å². The fraction of sp³-hybridized carbons (Fsp3) is 0.455. The maximum Gasteiger partial charge on any atom is 0.272 e. The Balaban J connectivity index is 1.45. The third-order valence-corrected chi connectivity index (χ3v) is 8.40. The summed E-state index contributed by atoms with van der Waals surface area (Å²) in [6.07, 6.45) is -1.25. The van der Waals surface area contributed by atoms with Crippen LogP contribution in [0.3, 0.4) is 0 Å². The van der Waals surface area contributed by atoms with E-state index in [2.05, 4.69) is 10.2 Å². The van der Waals surface area contributed by atoms with Crippen molar-refractivity contribution in [1.29, 1.82) is 0 Å². The monoisotopic (exact) mass is 668 g/mol.